The van der Waals surface area contributed by atoms with Gasteiger partial charge in [-0.05, 0) is 19.9 Å². The van der Waals surface area contributed by atoms with Crippen molar-refractivity contribution in [2.75, 3.05) is 26.4 Å². The quantitative estimate of drug-likeness (QED) is 0.488. The number of nitrogens with zero attached hydrogens (tertiary/aromatic N) is 2. The molecule has 0 bridgehead atoms. The Morgan fingerprint density at radius 1 is 1.12 bits per heavy atom. The fourth-order valence-electron chi connectivity index (χ4n) is 1.68. The number of aromatic nitrogens is 2. The number of pyridine rings is 1. The van der Waals surface area contributed by atoms with Crippen LogP contribution in [-0.4, -0.2) is 42.4 Å². The van der Waals surface area contributed by atoms with Crippen LogP contribution in [0.1, 0.15) is 51.0 Å². The predicted molar refractivity (Wildman–Crippen MR) is 98.3 cm³/mol. The van der Waals surface area contributed by atoms with E-state index in [1.165, 1.54) is 19.1 Å². The van der Waals surface area contributed by atoms with Gasteiger partial charge in [-0.3, -0.25) is 0 Å². The van der Waals surface area contributed by atoms with E-state index in [4.69, 9.17) is 18.6 Å². The molecule has 0 spiro atoms. The monoisotopic (exact) mass is 364 g/mol. The third-order valence-electron chi connectivity index (χ3n) is 3.15. The lowest BCUT2D eigenvalue weighted by atomic mass is 10.2. The van der Waals surface area contributed by atoms with Gasteiger partial charge in [-0.15, -0.1) is 0 Å². The molecule has 0 amide bonds. The average Bonchev–Trinajstić information content (AvgIpc) is 3.16. The Balaban J connectivity index is 0.000000765. The minimum Gasteiger partial charge on any atom is -0.475 e. The number of unbranched alkanes of at least 4 members (excludes halogenated alkanes) is 1. The van der Waals surface area contributed by atoms with Crippen LogP contribution in [0, 0.1) is 0 Å². The van der Waals surface area contributed by atoms with E-state index in [9.17, 15) is 4.79 Å². The Kier molecular flexibility index (Phi) is 10.7. The number of oxazole rings is 1. The van der Waals surface area contributed by atoms with Gasteiger partial charge >= 0.3 is 5.97 Å². The van der Waals surface area contributed by atoms with Gasteiger partial charge in [0.15, 0.2) is 5.69 Å². The predicted octanol–water partition coefficient (Wildman–Crippen LogP) is 4.14. The molecule has 2 heterocycles. The van der Waals surface area contributed by atoms with E-state index in [1.807, 2.05) is 6.92 Å². The van der Waals surface area contributed by atoms with Crippen LogP contribution in [-0.2, 0) is 9.47 Å². The standard InChI is InChI=1S/C15H18N2O5.C4H10/c1-3-19-7-8-21-13-9-11(5-6-16-13)14-17-12(10-22-14)15(18)20-4-2;1-3-4-2/h5-6,9-10H,3-4,7-8H2,1-2H3;3-4H2,1-2H3. The fourth-order valence-corrected chi connectivity index (χ4v) is 1.68. The molecule has 0 aliphatic carbocycles. The van der Waals surface area contributed by atoms with Gasteiger partial charge in [-0.1, -0.05) is 26.7 Å². The van der Waals surface area contributed by atoms with Crippen LogP contribution in [0.15, 0.2) is 29.0 Å². The zero-order valence-corrected chi connectivity index (χ0v) is 16.0. The summed E-state index contributed by atoms with van der Waals surface area (Å²) in [5, 5.41) is 0. The lowest BCUT2D eigenvalue weighted by Crippen LogP contribution is -2.07. The summed E-state index contributed by atoms with van der Waals surface area (Å²) in [6.45, 7) is 9.84. The molecule has 0 saturated carbocycles. The third-order valence-corrected chi connectivity index (χ3v) is 3.15. The fraction of sp³-hybridized carbons (Fsp3) is 0.526. The van der Waals surface area contributed by atoms with E-state index in [0.717, 1.165) is 0 Å². The first kappa shape index (κ1) is 21.6. The maximum Gasteiger partial charge on any atom is 0.360 e. The van der Waals surface area contributed by atoms with Crippen molar-refractivity contribution in [3.63, 3.8) is 0 Å². The van der Waals surface area contributed by atoms with Crippen molar-refractivity contribution in [2.45, 2.75) is 40.5 Å². The minimum atomic E-state index is -0.514. The smallest absolute Gasteiger partial charge is 0.360 e. The first-order valence-corrected chi connectivity index (χ1v) is 8.95. The van der Waals surface area contributed by atoms with E-state index in [0.29, 0.717) is 37.2 Å². The SMILES string of the molecule is CCCC.CCOCCOc1cc(-c2nc(C(=O)OCC)co2)ccn1. The summed E-state index contributed by atoms with van der Waals surface area (Å²) in [7, 11) is 0. The molecular formula is C19H28N2O5. The van der Waals surface area contributed by atoms with Crippen molar-refractivity contribution in [1.29, 1.82) is 0 Å². The molecule has 2 aromatic heterocycles. The second-order valence-electron chi connectivity index (χ2n) is 5.19. The molecule has 0 atom stereocenters. The molecule has 0 aromatic carbocycles. The molecule has 7 heteroatoms. The van der Waals surface area contributed by atoms with Crippen LogP contribution in [0.2, 0.25) is 0 Å². The van der Waals surface area contributed by atoms with Crippen molar-refractivity contribution < 1.29 is 23.4 Å². The summed E-state index contributed by atoms with van der Waals surface area (Å²) in [6, 6.07) is 3.41. The van der Waals surface area contributed by atoms with E-state index < -0.39 is 5.97 Å². The number of ether oxygens (including phenoxy) is 3. The third kappa shape index (κ3) is 7.65. The van der Waals surface area contributed by atoms with Crippen molar-refractivity contribution in [2.24, 2.45) is 0 Å². The van der Waals surface area contributed by atoms with Gasteiger partial charge in [0.1, 0.15) is 12.9 Å². The van der Waals surface area contributed by atoms with E-state index in [-0.39, 0.29) is 12.3 Å². The number of hydrogen-bond acceptors (Lipinski definition) is 7. The van der Waals surface area contributed by atoms with Crippen molar-refractivity contribution >= 4 is 5.97 Å². The Hall–Kier alpha value is -2.41. The maximum absolute atomic E-state index is 11.6. The van der Waals surface area contributed by atoms with Gasteiger partial charge in [0, 0.05) is 24.4 Å². The first-order chi connectivity index (χ1) is 12.7. The van der Waals surface area contributed by atoms with E-state index in [2.05, 4.69) is 23.8 Å². The number of rotatable bonds is 9. The highest BCUT2D eigenvalue weighted by Crippen LogP contribution is 2.21. The molecule has 0 N–H and O–H groups in total. The van der Waals surface area contributed by atoms with Gasteiger partial charge < -0.3 is 18.6 Å². The second-order valence-corrected chi connectivity index (χ2v) is 5.19. The lowest BCUT2D eigenvalue weighted by Gasteiger charge is -2.05. The topological polar surface area (TPSA) is 83.7 Å². The molecular weight excluding hydrogens is 336 g/mol. The second kappa shape index (κ2) is 12.9. The molecule has 0 aliphatic heterocycles. The van der Waals surface area contributed by atoms with Gasteiger partial charge in [0.05, 0.1) is 13.2 Å². The van der Waals surface area contributed by atoms with E-state index in [1.54, 1.807) is 25.3 Å². The molecule has 0 radical (unpaired) electrons. The normalized spacial score (nSPS) is 10.0. The van der Waals surface area contributed by atoms with Gasteiger partial charge in [-0.25, -0.2) is 14.8 Å². The molecule has 7 nitrogen and oxygen atoms in total. The van der Waals surface area contributed by atoms with Crippen molar-refractivity contribution in [3.05, 3.63) is 30.3 Å². The Labute approximate surface area is 154 Å². The van der Waals surface area contributed by atoms with E-state index >= 15 is 0 Å². The van der Waals surface area contributed by atoms with Crippen LogP contribution in [0.5, 0.6) is 5.88 Å². The first-order valence-electron chi connectivity index (χ1n) is 8.95. The highest BCUT2D eigenvalue weighted by atomic mass is 16.5. The Morgan fingerprint density at radius 3 is 2.54 bits per heavy atom. The number of hydrogen-bond donors (Lipinski definition) is 0. The Morgan fingerprint density at radius 2 is 1.88 bits per heavy atom. The zero-order chi connectivity index (χ0) is 19.2. The average molecular weight is 364 g/mol. The van der Waals surface area contributed by atoms with Crippen molar-refractivity contribution in [1.82, 2.24) is 9.97 Å². The molecule has 0 unspecified atom stereocenters. The summed E-state index contributed by atoms with van der Waals surface area (Å²) >= 11 is 0. The largest absolute Gasteiger partial charge is 0.475 e. The molecule has 144 valence electrons. The van der Waals surface area contributed by atoms with Gasteiger partial charge in [0.25, 0.3) is 0 Å². The summed E-state index contributed by atoms with van der Waals surface area (Å²) in [6.07, 6.45) is 5.49. The molecule has 26 heavy (non-hydrogen) atoms. The summed E-state index contributed by atoms with van der Waals surface area (Å²) in [5.41, 5.74) is 0.796. The highest BCUT2D eigenvalue weighted by molar-refractivity contribution is 5.87. The molecule has 0 fully saturated rings. The van der Waals surface area contributed by atoms with Crippen LogP contribution in [0.4, 0.5) is 0 Å². The van der Waals surface area contributed by atoms with Gasteiger partial charge in [-0.2, -0.15) is 0 Å². The van der Waals surface area contributed by atoms with Crippen LogP contribution in [0.25, 0.3) is 11.5 Å². The Bertz CT molecular complexity index is 640. The summed E-state index contributed by atoms with van der Waals surface area (Å²) in [4.78, 5) is 19.8. The molecule has 2 rings (SSSR count). The number of esters is 1. The molecule has 2 aromatic rings. The summed E-state index contributed by atoms with van der Waals surface area (Å²) < 4.78 is 20.8. The maximum atomic E-state index is 11.6. The lowest BCUT2D eigenvalue weighted by molar-refractivity contribution is 0.0519. The number of carbonyl (C=O) groups excluding carboxylic acids is 1. The number of carbonyl (C=O) groups is 1. The van der Waals surface area contributed by atoms with Crippen LogP contribution in [0.3, 0.4) is 0 Å². The molecule has 0 aliphatic rings. The van der Waals surface area contributed by atoms with Crippen molar-refractivity contribution in [3.8, 4) is 17.3 Å². The minimum absolute atomic E-state index is 0.132. The van der Waals surface area contributed by atoms with Gasteiger partial charge in [0.2, 0.25) is 11.8 Å². The highest BCUT2D eigenvalue weighted by Gasteiger charge is 2.14. The zero-order valence-electron chi connectivity index (χ0n) is 16.0. The van der Waals surface area contributed by atoms with Crippen LogP contribution >= 0.6 is 0 Å². The van der Waals surface area contributed by atoms with Crippen LogP contribution < -0.4 is 4.74 Å². The molecule has 0 saturated heterocycles. The summed E-state index contributed by atoms with van der Waals surface area (Å²) in [5.74, 6) is 0.230.